The van der Waals surface area contributed by atoms with E-state index in [1.165, 1.54) is 6.26 Å². The fourth-order valence-corrected chi connectivity index (χ4v) is 3.69. The number of nitrogens with one attached hydrogen (secondary N) is 3. The highest BCUT2D eigenvalue weighted by Gasteiger charge is 2.18. The molecule has 4 N–H and O–H groups in total. The van der Waals surface area contributed by atoms with E-state index in [1.54, 1.807) is 24.4 Å². The van der Waals surface area contributed by atoms with Crippen LogP contribution in [0.25, 0.3) is 5.57 Å². The number of pyridine rings is 1. The fourth-order valence-electron chi connectivity index (χ4n) is 3.11. The summed E-state index contributed by atoms with van der Waals surface area (Å²) < 4.78 is 13.9. The van der Waals surface area contributed by atoms with E-state index in [1.807, 2.05) is 48.6 Å². The number of rotatable bonds is 8. The van der Waals surface area contributed by atoms with Crippen molar-refractivity contribution in [1.82, 2.24) is 15.0 Å². The van der Waals surface area contributed by atoms with Gasteiger partial charge in [0.1, 0.15) is 11.9 Å². The number of hydrogen-bond acceptors (Lipinski definition) is 4. The Kier molecular flexibility index (Phi) is 8.07. The minimum absolute atomic E-state index is 0.227. The minimum Gasteiger partial charge on any atom is -0.480 e. The largest absolute Gasteiger partial charge is 0.480 e. The van der Waals surface area contributed by atoms with E-state index in [-0.39, 0.29) is 12.5 Å². The van der Waals surface area contributed by atoms with Crippen LogP contribution in [0.15, 0.2) is 78.7 Å². The molecule has 0 bridgehead atoms. The third kappa shape index (κ3) is 7.00. The van der Waals surface area contributed by atoms with Gasteiger partial charge in [0.15, 0.2) is 0 Å². The number of aromatic nitrogens is 1. The molecular weight excluding hydrogens is 428 g/mol. The van der Waals surface area contributed by atoms with E-state index in [2.05, 4.69) is 20.3 Å². The van der Waals surface area contributed by atoms with E-state index >= 15 is 0 Å². The molecule has 0 spiro atoms. The lowest BCUT2D eigenvalue weighted by molar-refractivity contribution is -0.138. The van der Waals surface area contributed by atoms with Crippen LogP contribution < -0.4 is 15.4 Å². The van der Waals surface area contributed by atoms with E-state index < -0.39 is 23.0 Å². The molecule has 32 heavy (non-hydrogen) atoms. The van der Waals surface area contributed by atoms with Crippen molar-refractivity contribution < 1.29 is 18.9 Å². The fraction of sp³-hybridized carbons (Fsp3) is 0.174. The highest BCUT2D eigenvalue weighted by Crippen LogP contribution is 2.21. The molecule has 0 fully saturated rings. The van der Waals surface area contributed by atoms with Gasteiger partial charge < -0.3 is 10.4 Å². The molecule has 2 amide bonds. The standard InChI is InChI=1S/C23H24N4O4S/c1-32(31)27-20(22(28)29)15-16-8-10-18(11-9-16)17-5-4-6-19(13-12-17)25-23(30)26-21-7-2-3-14-24-21/h2-12,14,20,27H,13,15H2,1H3,(H,28,29)(H2,24,25,26,30). The molecule has 166 valence electrons. The normalized spacial score (nSPS) is 15.0. The summed E-state index contributed by atoms with van der Waals surface area (Å²) in [6.07, 6.45) is 11.4. The van der Waals surface area contributed by atoms with Crippen molar-refractivity contribution in [3.63, 3.8) is 0 Å². The van der Waals surface area contributed by atoms with Crippen LogP contribution in [-0.4, -0.2) is 38.6 Å². The number of amides is 2. The summed E-state index contributed by atoms with van der Waals surface area (Å²) >= 11 is 0. The van der Waals surface area contributed by atoms with Gasteiger partial charge in [-0.2, -0.15) is 0 Å². The summed E-state index contributed by atoms with van der Waals surface area (Å²) in [7, 11) is -1.41. The van der Waals surface area contributed by atoms with Crippen molar-refractivity contribution in [3.05, 3.63) is 89.8 Å². The molecule has 2 atom stereocenters. The number of nitrogens with zero attached hydrogens (tertiary/aromatic N) is 1. The van der Waals surface area contributed by atoms with Gasteiger partial charge in [0.05, 0.1) is 11.0 Å². The zero-order valence-corrected chi connectivity index (χ0v) is 18.3. The smallest absolute Gasteiger partial charge is 0.324 e. The van der Waals surface area contributed by atoms with Crippen molar-refractivity contribution in [2.75, 3.05) is 11.6 Å². The summed E-state index contributed by atoms with van der Waals surface area (Å²) in [5, 5.41) is 14.8. The lowest BCUT2D eigenvalue weighted by Crippen LogP contribution is -2.39. The van der Waals surface area contributed by atoms with Gasteiger partial charge in [0.2, 0.25) is 0 Å². The number of carbonyl (C=O) groups is 2. The highest BCUT2D eigenvalue weighted by atomic mass is 32.2. The Morgan fingerprint density at radius 1 is 1.16 bits per heavy atom. The molecule has 0 saturated carbocycles. The topological polar surface area (TPSA) is 120 Å². The lowest BCUT2D eigenvalue weighted by Gasteiger charge is -2.13. The number of urea groups is 1. The Morgan fingerprint density at radius 3 is 2.59 bits per heavy atom. The number of anilines is 1. The van der Waals surface area contributed by atoms with Crippen molar-refractivity contribution >= 4 is 34.4 Å². The first-order valence-electron chi connectivity index (χ1n) is 9.89. The second-order valence-corrected chi connectivity index (χ2v) is 8.22. The highest BCUT2D eigenvalue weighted by molar-refractivity contribution is 7.82. The van der Waals surface area contributed by atoms with Gasteiger partial charge in [-0.1, -0.05) is 48.6 Å². The van der Waals surface area contributed by atoms with Crippen LogP contribution in [0.2, 0.25) is 0 Å². The van der Waals surface area contributed by atoms with Crippen LogP contribution in [0, 0.1) is 0 Å². The summed E-state index contributed by atoms with van der Waals surface area (Å²) in [4.78, 5) is 27.6. The van der Waals surface area contributed by atoms with Gasteiger partial charge in [-0.25, -0.2) is 18.7 Å². The van der Waals surface area contributed by atoms with Crippen LogP contribution in [0.1, 0.15) is 17.5 Å². The molecule has 1 aromatic carbocycles. The quantitative estimate of drug-likeness (QED) is 0.491. The molecule has 9 heteroatoms. The second-order valence-electron chi connectivity index (χ2n) is 7.07. The first-order valence-corrected chi connectivity index (χ1v) is 11.4. The van der Waals surface area contributed by atoms with E-state index in [0.29, 0.717) is 12.2 Å². The van der Waals surface area contributed by atoms with Crippen molar-refractivity contribution in [1.29, 1.82) is 0 Å². The number of hydrogen-bond donors (Lipinski definition) is 4. The maximum Gasteiger partial charge on any atom is 0.324 e. The number of carboxylic acids is 1. The Balaban J connectivity index is 1.59. The molecule has 2 unspecified atom stereocenters. The van der Waals surface area contributed by atoms with Crippen molar-refractivity contribution in [2.24, 2.45) is 0 Å². The Morgan fingerprint density at radius 2 is 1.94 bits per heavy atom. The minimum atomic E-state index is -1.41. The first-order chi connectivity index (χ1) is 15.4. The third-order valence-electron chi connectivity index (χ3n) is 4.63. The summed E-state index contributed by atoms with van der Waals surface area (Å²) in [6, 6.07) is 11.5. The molecule has 0 aliphatic heterocycles. The van der Waals surface area contributed by atoms with Gasteiger partial charge in [-0.3, -0.25) is 10.1 Å². The van der Waals surface area contributed by atoms with Crippen molar-refractivity contribution in [2.45, 2.75) is 18.9 Å². The second kappa shape index (κ2) is 11.2. The lowest BCUT2D eigenvalue weighted by atomic mass is 10.00. The van der Waals surface area contributed by atoms with Crippen LogP contribution in [0.3, 0.4) is 0 Å². The van der Waals surface area contributed by atoms with Crippen molar-refractivity contribution in [3.8, 4) is 0 Å². The Hall–Kier alpha value is -3.56. The molecule has 3 rings (SSSR count). The molecule has 1 aliphatic carbocycles. The zero-order valence-electron chi connectivity index (χ0n) is 17.4. The van der Waals surface area contributed by atoms with Gasteiger partial charge >= 0.3 is 12.0 Å². The van der Waals surface area contributed by atoms with Crippen LogP contribution in [0.4, 0.5) is 10.6 Å². The maximum absolute atomic E-state index is 12.2. The summed E-state index contributed by atoms with van der Waals surface area (Å²) in [5.41, 5.74) is 3.52. The Labute approximate surface area is 188 Å². The van der Waals surface area contributed by atoms with E-state index in [4.69, 9.17) is 0 Å². The number of carboxylic acid groups (broad SMARTS) is 1. The molecule has 0 radical (unpaired) electrons. The number of carbonyl (C=O) groups excluding carboxylic acids is 1. The van der Waals surface area contributed by atoms with Gasteiger partial charge in [-0.05, 0) is 41.3 Å². The molecule has 8 nitrogen and oxygen atoms in total. The predicted octanol–water partition coefficient (Wildman–Crippen LogP) is 3.01. The number of benzene rings is 1. The Bertz CT molecular complexity index is 1080. The SMILES string of the molecule is CS(=O)NC(Cc1ccc(C2=CCC(NC(=O)Nc3ccccn3)=CC=C2)cc1)C(=O)O. The van der Waals surface area contributed by atoms with E-state index in [0.717, 1.165) is 22.4 Å². The molecular formula is C23H24N4O4S. The molecule has 1 aromatic heterocycles. The molecule has 1 heterocycles. The predicted molar refractivity (Wildman–Crippen MR) is 125 cm³/mol. The third-order valence-corrected chi connectivity index (χ3v) is 5.25. The number of allylic oxidation sites excluding steroid dienone is 5. The van der Waals surface area contributed by atoms with Gasteiger partial charge in [-0.15, -0.1) is 0 Å². The van der Waals surface area contributed by atoms with Crippen LogP contribution >= 0.6 is 0 Å². The molecule has 2 aromatic rings. The summed E-state index contributed by atoms with van der Waals surface area (Å²) in [6.45, 7) is 0. The maximum atomic E-state index is 12.2. The molecule has 0 saturated heterocycles. The monoisotopic (exact) mass is 452 g/mol. The van der Waals surface area contributed by atoms with E-state index in [9.17, 15) is 18.9 Å². The average Bonchev–Trinajstić information content (AvgIpc) is 2.99. The van der Waals surface area contributed by atoms with Gasteiger partial charge in [0.25, 0.3) is 0 Å². The van der Waals surface area contributed by atoms with Gasteiger partial charge in [0, 0.05) is 24.6 Å². The van der Waals surface area contributed by atoms with Crippen LogP contribution in [0.5, 0.6) is 0 Å². The summed E-state index contributed by atoms with van der Waals surface area (Å²) in [5.74, 6) is -0.575. The average molecular weight is 453 g/mol. The zero-order chi connectivity index (χ0) is 22.9. The first kappa shape index (κ1) is 23.1. The molecule has 1 aliphatic rings. The number of aliphatic carboxylic acids is 1. The van der Waals surface area contributed by atoms with Crippen LogP contribution in [-0.2, 0) is 22.2 Å².